The lowest BCUT2D eigenvalue weighted by molar-refractivity contribution is -0.153. The molecule has 25 heavy (non-hydrogen) atoms. The van der Waals surface area contributed by atoms with Gasteiger partial charge in [0.1, 0.15) is 6.54 Å². The van der Waals surface area contributed by atoms with Crippen molar-refractivity contribution in [3.8, 4) is 0 Å². The van der Waals surface area contributed by atoms with E-state index in [0.717, 1.165) is 24.2 Å². The minimum atomic E-state index is -3.09. The summed E-state index contributed by atoms with van der Waals surface area (Å²) in [4.78, 5) is 37.3. The van der Waals surface area contributed by atoms with E-state index in [-0.39, 0.29) is 40.9 Å². The van der Waals surface area contributed by atoms with Crippen LogP contribution in [0.5, 0.6) is 0 Å². The van der Waals surface area contributed by atoms with Crippen LogP contribution in [0.4, 0.5) is 0 Å². The molecule has 1 aliphatic carbocycles. The van der Waals surface area contributed by atoms with Crippen LogP contribution in [0.25, 0.3) is 0 Å². The molecule has 0 unspecified atom stereocenters. The maximum atomic E-state index is 12.5. The molecule has 0 spiro atoms. The minimum absolute atomic E-state index is 0.0212. The van der Waals surface area contributed by atoms with Crippen LogP contribution in [0, 0.1) is 6.92 Å². The van der Waals surface area contributed by atoms with Gasteiger partial charge in [0, 0.05) is 23.2 Å². The highest BCUT2D eigenvalue weighted by Crippen LogP contribution is 2.32. The summed E-state index contributed by atoms with van der Waals surface area (Å²) in [5.41, 5.74) is 0.661. The van der Waals surface area contributed by atoms with Crippen molar-refractivity contribution in [2.45, 2.75) is 44.8 Å². The molecule has 1 atom stereocenters. The van der Waals surface area contributed by atoms with Crippen LogP contribution < -0.4 is 4.87 Å². The molecular weight excluding hydrogens is 368 g/mol. The zero-order valence-electron chi connectivity index (χ0n) is 13.8. The summed E-state index contributed by atoms with van der Waals surface area (Å²) in [5.74, 6) is -0.958. The summed E-state index contributed by atoms with van der Waals surface area (Å²) in [7, 11) is -3.09. The Morgan fingerprint density at radius 1 is 1.32 bits per heavy atom. The van der Waals surface area contributed by atoms with Gasteiger partial charge in [-0.3, -0.25) is 19.0 Å². The molecule has 1 amide bonds. The number of amides is 1. The van der Waals surface area contributed by atoms with Crippen LogP contribution in [0.2, 0.25) is 0 Å². The summed E-state index contributed by atoms with van der Waals surface area (Å²) in [6.07, 6.45) is 2.13. The molecule has 2 fully saturated rings. The van der Waals surface area contributed by atoms with Gasteiger partial charge in [-0.15, -0.1) is 0 Å². The van der Waals surface area contributed by atoms with Crippen molar-refractivity contribution in [2.75, 3.05) is 18.1 Å². The number of esters is 1. The third-order valence-electron chi connectivity index (χ3n) is 4.45. The highest BCUT2D eigenvalue weighted by atomic mass is 32.2. The number of nitrogens with zero attached hydrogens (tertiary/aromatic N) is 2. The van der Waals surface area contributed by atoms with E-state index in [1.165, 1.54) is 4.57 Å². The monoisotopic (exact) mass is 388 g/mol. The van der Waals surface area contributed by atoms with Crippen LogP contribution in [-0.2, 0) is 30.7 Å². The Labute approximate surface area is 149 Å². The van der Waals surface area contributed by atoms with Gasteiger partial charge < -0.3 is 9.64 Å². The Bertz CT molecular complexity index is 836. The number of aromatic nitrogens is 1. The van der Waals surface area contributed by atoms with Gasteiger partial charge in [0.25, 0.3) is 5.91 Å². The smallest absolute Gasteiger partial charge is 0.326 e. The molecule has 0 aromatic carbocycles. The van der Waals surface area contributed by atoms with E-state index in [2.05, 4.69) is 0 Å². The summed E-state index contributed by atoms with van der Waals surface area (Å²) in [6.45, 7) is 1.05. The van der Waals surface area contributed by atoms with Crippen molar-refractivity contribution >= 4 is 33.1 Å². The number of rotatable bonds is 6. The summed E-state index contributed by atoms with van der Waals surface area (Å²) >= 11 is 0.999. The topological polar surface area (TPSA) is 103 Å². The predicted octanol–water partition coefficient (Wildman–Crippen LogP) is -0.0605. The van der Waals surface area contributed by atoms with Gasteiger partial charge in [0.2, 0.25) is 0 Å². The Morgan fingerprint density at radius 2 is 2.04 bits per heavy atom. The highest BCUT2D eigenvalue weighted by Gasteiger charge is 2.42. The molecule has 1 saturated heterocycles. The Morgan fingerprint density at radius 3 is 2.56 bits per heavy atom. The third kappa shape index (κ3) is 4.30. The van der Waals surface area contributed by atoms with Crippen LogP contribution in [0.1, 0.15) is 25.0 Å². The molecule has 1 aromatic heterocycles. The molecule has 2 aliphatic rings. The standard InChI is InChI=1S/C15H20N2O6S2/c1-10-8-24-15(20)16(10)6-14(19)23-7-13(18)17(11-2-3-11)12-4-5-25(21,22)9-12/h8,11-12H,2-7,9H2,1H3/t12-/m1/s1. The molecule has 1 saturated carbocycles. The predicted molar refractivity (Wildman–Crippen MR) is 91.2 cm³/mol. The quantitative estimate of drug-likeness (QED) is 0.633. The van der Waals surface area contributed by atoms with Crippen LogP contribution in [0.3, 0.4) is 0 Å². The lowest BCUT2D eigenvalue weighted by atomic mass is 10.2. The van der Waals surface area contributed by atoms with Crippen LogP contribution >= 0.6 is 11.3 Å². The van der Waals surface area contributed by atoms with Crippen LogP contribution in [-0.4, -0.2) is 60.0 Å². The van der Waals surface area contributed by atoms with Gasteiger partial charge in [-0.25, -0.2) is 8.42 Å². The largest absolute Gasteiger partial charge is 0.454 e. The van der Waals surface area contributed by atoms with Crippen molar-refractivity contribution in [2.24, 2.45) is 0 Å². The van der Waals surface area contributed by atoms with E-state index < -0.39 is 22.4 Å². The number of carbonyl (C=O) groups is 2. The Kier molecular flexibility index (Phi) is 5.01. The van der Waals surface area contributed by atoms with E-state index in [4.69, 9.17) is 4.74 Å². The first-order valence-electron chi connectivity index (χ1n) is 8.09. The second kappa shape index (κ2) is 6.91. The molecule has 0 radical (unpaired) electrons. The number of aryl methyl sites for hydroxylation is 1. The first kappa shape index (κ1) is 18.1. The zero-order chi connectivity index (χ0) is 18.2. The minimum Gasteiger partial charge on any atom is -0.454 e. The molecular formula is C15H20N2O6S2. The van der Waals surface area contributed by atoms with E-state index in [9.17, 15) is 22.8 Å². The lowest BCUT2D eigenvalue weighted by Gasteiger charge is -2.28. The fraction of sp³-hybridized carbons (Fsp3) is 0.667. The maximum Gasteiger partial charge on any atom is 0.326 e. The van der Waals surface area contributed by atoms with Gasteiger partial charge in [0.15, 0.2) is 16.4 Å². The molecule has 0 bridgehead atoms. The number of thiazole rings is 1. The fourth-order valence-electron chi connectivity index (χ4n) is 3.04. The number of hydrogen-bond donors (Lipinski definition) is 0. The van der Waals surface area contributed by atoms with E-state index in [1.54, 1.807) is 17.2 Å². The Hall–Kier alpha value is -1.68. The van der Waals surface area contributed by atoms with Crippen molar-refractivity contribution in [3.05, 3.63) is 20.7 Å². The van der Waals surface area contributed by atoms with Gasteiger partial charge in [-0.1, -0.05) is 11.3 Å². The Balaban J connectivity index is 1.57. The summed E-state index contributed by atoms with van der Waals surface area (Å²) in [5, 5.41) is 1.65. The molecule has 8 nitrogen and oxygen atoms in total. The second-order valence-electron chi connectivity index (χ2n) is 6.48. The molecule has 10 heteroatoms. The number of carbonyl (C=O) groups excluding carboxylic acids is 2. The third-order valence-corrected chi connectivity index (χ3v) is 7.08. The van der Waals surface area contributed by atoms with Crippen molar-refractivity contribution < 1.29 is 22.7 Å². The first-order chi connectivity index (χ1) is 11.8. The maximum absolute atomic E-state index is 12.5. The fourth-order valence-corrected chi connectivity index (χ4v) is 5.49. The summed E-state index contributed by atoms with van der Waals surface area (Å²) in [6, 6.07) is -0.281. The SMILES string of the molecule is Cc1csc(=O)n1CC(=O)OCC(=O)N(C1CC1)[C@@H]1CCS(=O)(=O)C1. The molecule has 1 aromatic rings. The van der Waals surface area contributed by atoms with Crippen LogP contribution in [0.15, 0.2) is 10.2 Å². The van der Waals surface area contributed by atoms with E-state index >= 15 is 0 Å². The van der Waals surface area contributed by atoms with Gasteiger partial charge in [-0.05, 0) is 26.2 Å². The molecule has 138 valence electrons. The average molecular weight is 388 g/mol. The van der Waals surface area contributed by atoms with Gasteiger partial charge in [-0.2, -0.15) is 0 Å². The number of ether oxygens (including phenoxy) is 1. The van der Waals surface area contributed by atoms with Crippen molar-refractivity contribution in [1.29, 1.82) is 0 Å². The van der Waals surface area contributed by atoms with Crippen molar-refractivity contribution in [3.63, 3.8) is 0 Å². The molecule has 3 rings (SSSR count). The second-order valence-corrected chi connectivity index (χ2v) is 9.53. The normalized spacial score (nSPS) is 21.9. The van der Waals surface area contributed by atoms with Gasteiger partial charge >= 0.3 is 10.8 Å². The molecule has 1 aliphatic heterocycles. The van der Waals surface area contributed by atoms with E-state index in [1.807, 2.05) is 0 Å². The number of sulfone groups is 1. The molecule has 2 heterocycles. The van der Waals surface area contributed by atoms with Gasteiger partial charge in [0.05, 0.1) is 11.5 Å². The zero-order valence-corrected chi connectivity index (χ0v) is 15.5. The average Bonchev–Trinajstić information content (AvgIpc) is 3.24. The number of hydrogen-bond acceptors (Lipinski definition) is 7. The highest BCUT2D eigenvalue weighted by molar-refractivity contribution is 7.91. The van der Waals surface area contributed by atoms with Crippen molar-refractivity contribution in [1.82, 2.24) is 9.47 Å². The summed E-state index contributed by atoms with van der Waals surface area (Å²) < 4.78 is 29.6. The lowest BCUT2D eigenvalue weighted by Crippen LogP contribution is -2.45. The first-order valence-corrected chi connectivity index (χ1v) is 10.8. The molecule has 0 N–H and O–H groups in total. The van der Waals surface area contributed by atoms with E-state index in [0.29, 0.717) is 12.1 Å².